The number of alkyl halides is 3. The van der Waals surface area contributed by atoms with Gasteiger partial charge in [0.1, 0.15) is 5.75 Å². The van der Waals surface area contributed by atoms with Crippen LogP contribution in [0.4, 0.5) is 13.2 Å². The van der Waals surface area contributed by atoms with Gasteiger partial charge in [0.05, 0.1) is 0 Å². The lowest BCUT2D eigenvalue weighted by molar-refractivity contribution is -0.274. The van der Waals surface area contributed by atoms with Crippen LogP contribution >= 0.6 is 0 Å². The molecule has 0 atom stereocenters. The minimum absolute atomic E-state index is 0.230. The Morgan fingerprint density at radius 2 is 1.78 bits per heavy atom. The molecule has 0 aliphatic heterocycles. The number of halogens is 3. The molecule has 124 valence electrons. The van der Waals surface area contributed by atoms with Crippen LogP contribution in [-0.4, -0.2) is 6.36 Å². The highest BCUT2D eigenvalue weighted by Crippen LogP contribution is 2.31. The van der Waals surface area contributed by atoms with E-state index in [4.69, 9.17) is 0 Å². The van der Waals surface area contributed by atoms with E-state index >= 15 is 0 Å². The molecule has 1 aliphatic rings. The van der Waals surface area contributed by atoms with Crippen LogP contribution in [0.1, 0.15) is 44.6 Å². The lowest BCUT2D eigenvalue weighted by Crippen LogP contribution is -2.16. The van der Waals surface area contributed by atoms with Gasteiger partial charge in [-0.25, -0.2) is 0 Å². The van der Waals surface area contributed by atoms with Gasteiger partial charge in [0.2, 0.25) is 0 Å². The molecule has 0 N–H and O–H groups in total. The minimum atomic E-state index is -4.66. The summed E-state index contributed by atoms with van der Waals surface area (Å²) >= 11 is 0. The Balaban J connectivity index is 1.84. The summed E-state index contributed by atoms with van der Waals surface area (Å²) in [7, 11) is 0. The molecule has 2 rings (SSSR count). The average molecular weight is 322 g/mol. The molecule has 0 radical (unpaired) electrons. The summed E-state index contributed by atoms with van der Waals surface area (Å²) in [4.78, 5) is 0. The molecule has 1 fully saturated rings. The van der Waals surface area contributed by atoms with E-state index in [0.29, 0.717) is 11.5 Å². The highest BCUT2D eigenvalue weighted by Gasteiger charge is 2.30. The molecular weight excluding hydrogens is 301 g/mol. The quantitative estimate of drug-likeness (QED) is 0.648. The fraction of sp³-hybridized carbons (Fsp3) is 0.474. The maximum absolute atomic E-state index is 12.1. The second-order valence-electron chi connectivity index (χ2n) is 5.89. The summed E-state index contributed by atoms with van der Waals surface area (Å²) in [6.07, 6.45) is 5.65. The van der Waals surface area contributed by atoms with Crippen LogP contribution in [0.15, 0.2) is 36.4 Å². The topological polar surface area (TPSA) is 9.23 Å². The summed E-state index contributed by atoms with van der Waals surface area (Å²) in [5.41, 5.74) is 0.666. The average Bonchev–Trinajstić information content (AvgIpc) is 2.52. The smallest absolute Gasteiger partial charge is 0.406 e. The first-order valence-corrected chi connectivity index (χ1v) is 8.00. The molecule has 0 bridgehead atoms. The van der Waals surface area contributed by atoms with Crippen molar-refractivity contribution in [3.8, 4) is 17.6 Å². The molecule has 0 aromatic heterocycles. The van der Waals surface area contributed by atoms with Crippen LogP contribution < -0.4 is 4.74 Å². The summed E-state index contributed by atoms with van der Waals surface area (Å²) in [6.45, 7) is 2.25. The molecule has 1 aromatic rings. The molecule has 0 saturated heterocycles. The molecule has 0 spiro atoms. The molecule has 1 aliphatic carbocycles. The van der Waals surface area contributed by atoms with Crippen molar-refractivity contribution < 1.29 is 17.9 Å². The van der Waals surface area contributed by atoms with Crippen LogP contribution in [0.25, 0.3) is 0 Å². The summed E-state index contributed by atoms with van der Waals surface area (Å²) in [5, 5.41) is 0. The monoisotopic (exact) mass is 322 g/mol. The first kappa shape index (κ1) is 17.5. The van der Waals surface area contributed by atoms with Gasteiger partial charge in [-0.2, -0.15) is 0 Å². The first-order valence-electron chi connectivity index (χ1n) is 8.00. The molecule has 1 nitrogen and oxygen atoms in total. The standard InChI is InChI=1S/C19H21F3O/c1-2-15-7-9-16(10-8-15)5-3-4-6-17-11-13-18(14-12-17)23-19(20,21)22/h3,5,11-16H,2,7-10H2,1H3/b5-3+/t15-,16-. The number of rotatable bonds is 3. The van der Waals surface area contributed by atoms with E-state index in [1.54, 1.807) is 0 Å². The summed E-state index contributed by atoms with van der Waals surface area (Å²) < 4.78 is 40.0. The summed E-state index contributed by atoms with van der Waals surface area (Å²) in [6, 6.07) is 5.59. The van der Waals surface area contributed by atoms with Gasteiger partial charge >= 0.3 is 6.36 Å². The van der Waals surface area contributed by atoms with Crippen molar-refractivity contribution in [2.45, 2.75) is 45.4 Å². The highest BCUT2D eigenvalue weighted by molar-refractivity contribution is 5.40. The molecule has 0 unspecified atom stereocenters. The third-order valence-electron chi connectivity index (χ3n) is 4.22. The Hall–Kier alpha value is -1.89. The number of hydrogen-bond donors (Lipinski definition) is 0. The van der Waals surface area contributed by atoms with Crippen LogP contribution in [0.5, 0.6) is 5.75 Å². The van der Waals surface area contributed by atoms with E-state index in [0.717, 1.165) is 5.92 Å². The zero-order valence-corrected chi connectivity index (χ0v) is 13.2. The molecule has 0 heterocycles. The third kappa shape index (κ3) is 6.40. The van der Waals surface area contributed by atoms with Gasteiger partial charge in [0.15, 0.2) is 0 Å². The Morgan fingerprint density at radius 1 is 1.13 bits per heavy atom. The molecule has 4 heteroatoms. The van der Waals surface area contributed by atoms with Gasteiger partial charge in [-0.05, 0) is 67.9 Å². The zero-order valence-electron chi connectivity index (χ0n) is 13.2. The number of hydrogen-bond acceptors (Lipinski definition) is 1. The van der Waals surface area contributed by atoms with Gasteiger partial charge in [-0.15, -0.1) is 13.2 Å². The fourth-order valence-electron chi connectivity index (χ4n) is 2.84. The van der Waals surface area contributed by atoms with Gasteiger partial charge in [0, 0.05) is 5.56 Å². The Kier molecular flexibility index (Phi) is 6.15. The molecule has 23 heavy (non-hydrogen) atoms. The first-order chi connectivity index (χ1) is 11.0. The van der Waals surface area contributed by atoms with Crippen LogP contribution in [0.2, 0.25) is 0 Å². The van der Waals surface area contributed by atoms with Crippen molar-refractivity contribution in [2.75, 3.05) is 0 Å². The Morgan fingerprint density at radius 3 is 2.35 bits per heavy atom. The van der Waals surface area contributed by atoms with Gasteiger partial charge < -0.3 is 4.74 Å². The van der Waals surface area contributed by atoms with Crippen molar-refractivity contribution in [1.29, 1.82) is 0 Å². The maximum Gasteiger partial charge on any atom is 0.573 e. The van der Waals surface area contributed by atoms with Crippen molar-refractivity contribution in [2.24, 2.45) is 11.8 Å². The largest absolute Gasteiger partial charge is 0.573 e. The van der Waals surface area contributed by atoms with Crippen LogP contribution in [0, 0.1) is 23.7 Å². The van der Waals surface area contributed by atoms with E-state index in [9.17, 15) is 13.2 Å². The molecular formula is C19H21F3O. The molecule has 0 amide bonds. The van der Waals surface area contributed by atoms with Crippen LogP contribution in [0.3, 0.4) is 0 Å². The number of benzene rings is 1. The molecule has 1 aromatic carbocycles. The van der Waals surface area contributed by atoms with Crippen molar-refractivity contribution >= 4 is 0 Å². The van der Waals surface area contributed by atoms with Crippen molar-refractivity contribution in [1.82, 2.24) is 0 Å². The van der Waals surface area contributed by atoms with E-state index in [1.807, 2.05) is 6.08 Å². The summed E-state index contributed by atoms with van der Waals surface area (Å²) in [5.74, 6) is 7.12. The number of ether oxygens (including phenoxy) is 1. The van der Waals surface area contributed by atoms with E-state index in [-0.39, 0.29) is 5.75 Å². The second kappa shape index (κ2) is 8.10. The van der Waals surface area contributed by atoms with E-state index in [2.05, 4.69) is 29.6 Å². The maximum atomic E-state index is 12.1. The third-order valence-corrected chi connectivity index (χ3v) is 4.22. The second-order valence-corrected chi connectivity index (χ2v) is 5.89. The number of allylic oxidation sites excluding steroid dienone is 2. The lowest BCUT2D eigenvalue weighted by Gasteiger charge is -2.25. The predicted octanol–water partition coefficient (Wildman–Crippen LogP) is 5.71. The van der Waals surface area contributed by atoms with Crippen molar-refractivity contribution in [3.05, 3.63) is 42.0 Å². The predicted molar refractivity (Wildman–Crippen MR) is 84.9 cm³/mol. The van der Waals surface area contributed by atoms with Crippen molar-refractivity contribution in [3.63, 3.8) is 0 Å². The van der Waals surface area contributed by atoms with Gasteiger partial charge in [-0.3, -0.25) is 0 Å². The Bertz CT molecular complexity index is 567. The van der Waals surface area contributed by atoms with E-state index in [1.165, 1.54) is 56.4 Å². The normalized spacial score (nSPS) is 21.7. The van der Waals surface area contributed by atoms with Crippen LogP contribution in [-0.2, 0) is 0 Å². The minimum Gasteiger partial charge on any atom is -0.406 e. The zero-order chi connectivity index (χ0) is 16.7. The Labute approximate surface area is 135 Å². The van der Waals surface area contributed by atoms with Gasteiger partial charge in [0.25, 0.3) is 0 Å². The van der Waals surface area contributed by atoms with Gasteiger partial charge in [-0.1, -0.05) is 31.3 Å². The lowest BCUT2D eigenvalue weighted by atomic mass is 9.81. The fourth-order valence-corrected chi connectivity index (χ4v) is 2.84. The highest BCUT2D eigenvalue weighted by atomic mass is 19.4. The molecule has 1 saturated carbocycles. The SMILES string of the molecule is CC[C@H]1CC[C@H](/C=C/C#Cc2ccc(OC(F)(F)F)cc2)CC1. The van der Waals surface area contributed by atoms with E-state index < -0.39 is 6.36 Å².